The van der Waals surface area contributed by atoms with E-state index in [1.54, 1.807) is 12.3 Å². The van der Waals surface area contributed by atoms with Crippen LogP contribution < -0.4 is 5.32 Å². The second-order valence-electron chi connectivity index (χ2n) is 4.55. The van der Waals surface area contributed by atoms with Crippen molar-refractivity contribution in [1.82, 2.24) is 15.2 Å². The predicted molar refractivity (Wildman–Crippen MR) is 74.3 cm³/mol. The minimum absolute atomic E-state index is 0. The number of ketones is 1. The van der Waals surface area contributed by atoms with Crippen LogP contribution in [0.25, 0.3) is 0 Å². The maximum atomic E-state index is 12.0. The van der Waals surface area contributed by atoms with E-state index in [9.17, 15) is 4.79 Å². The first kappa shape index (κ1) is 15.1. The van der Waals surface area contributed by atoms with Gasteiger partial charge >= 0.3 is 0 Å². The summed E-state index contributed by atoms with van der Waals surface area (Å²) in [4.78, 5) is 18.2. The molecular weight excluding hydrogens is 250 g/mol. The highest BCUT2D eigenvalue weighted by Crippen LogP contribution is 2.09. The lowest BCUT2D eigenvalue weighted by Crippen LogP contribution is -2.45. The van der Waals surface area contributed by atoms with Crippen molar-refractivity contribution in [2.45, 2.75) is 18.9 Å². The summed E-state index contributed by atoms with van der Waals surface area (Å²) in [6.45, 7) is 2.52. The SMILES string of the molecule is CN(CC(=O)c1ccccn1)[C@H]1CCCNC1.Cl. The molecule has 1 N–H and O–H groups in total. The number of rotatable bonds is 4. The molecule has 0 aliphatic carbocycles. The number of carbonyl (C=O) groups is 1. The molecule has 1 saturated heterocycles. The van der Waals surface area contributed by atoms with Crippen LogP contribution in [-0.4, -0.2) is 48.4 Å². The van der Waals surface area contributed by atoms with Crippen LogP contribution in [0.3, 0.4) is 0 Å². The van der Waals surface area contributed by atoms with Gasteiger partial charge in [-0.1, -0.05) is 6.07 Å². The first-order valence-corrected chi connectivity index (χ1v) is 6.12. The van der Waals surface area contributed by atoms with Crippen molar-refractivity contribution in [2.24, 2.45) is 0 Å². The molecular formula is C13H20ClN3O. The summed E-state index contributed by atoms with van der Waals surface area (Å²) in [5, 5.41) is 3.36. The molecule has 2 rings (SSSR count). The number of aromatic nitrogens is 1. The highest BCUT2D eigenvalue weighted by Gasteiger charge is 2.20. The van der Waals surface area contributed by atoms with Gasteiger partial charge in [-0.05, 0) is 38.6 Å². The number of nitrogens with one attached hydrogen (secondary N) is 1. The molecule has 0 aromatic carbocycles. The number of likely N-dealkylation sites (N-methyl/N-ethyl adjacent to an activating group) is 1. The molecule has 1 aromatic rings. The predicted octanol–water partition coefficient (Wildman–Crippen LogP) is 1.37. The fraction of sp³-hybridized carbons (Fsp3) is 0.538. The van der Waals surface area contributed by atoms with Crippen LogP contribution >= 0.6 is 12.4 Å². The standard InChI is InChI=1S/C13H19N3O.ClH/c1-16(11-5-4-7-14-9-11)10-13(17)12-6-2-3-8-15-12;/h2-3,6,8,11,14H,4-5,7,9-10H2,1H3;1H/t11-;/m0./s1. The minimum atomic E-state index is 0. The van der Waals surface area contributed by atoms with E-state index < -0.39 is 0 Å². The van der Waals surface area contributed by atoms with Gasteiger partial charge in [-0.15, -0.1) is 12.4 Å². The lowest BCUT2D eigenvalue weighted by molar-refractivity contribution is 0.0902. The second kappa shape index (κ2) is 7.46. The Bertz CT molecular complexity index is 366. The van der Waals surface area contributed by atoms with E-state index in [4.69, 9.17) is 0 Å². The Hall–Kier alpha value is -0.970. The number of piperidine rings is 1. The number of pyridine rings is 1. The second-order valence-corrected chi connectivity index (χ2v) is 4.55. The van der Waals surface area contributed by atoms with Gasteiger partial charge < -0.3 is 5.32 Å². The molecule has 1 aromatic heterocycles. The van der Waals surface area contributed by atoms with Crippen molar-refractivity contribution >= 4 is 18.2 Å². The summed E-state index contributed by atoms with van der Waals surface area (Å²) in [6, 6.07) is 5.92. The van der Waals surface area contributed by atoms with Crippen LogP contribution in [0, 0.1) is 0 Å². The molecule has 4 nitrogen and oxygen atoms in total. The average molecular weight is 270 g/mol. The van der Waals surface area contributed by atoms with Crippen LogP contribution in [0.5, 0.6) is 0 Å². The van der Waals surface area contributed by atoms with E-state index in [1.165, 1.54) is 12.8 Å². The highest BCUT2D eigenvalue weighted by atomic mass is 35.5. The Balaban J connectivity index is 0.00000162. The Kier molecular flexibility index (Phi) is 6.25. The van der Waals surface area contributed by atoms with Gasteiger partial charge in [-0.3, -0.25) is 14.7 Å². The van der Waals surface area contributed by atoms with Gasteiger partial charge in [0.25, 0.3) is 0 Å². The van der Waals surface area contributed by atoms with Gasteiger partial charge in [-0.25, -0.2) is 0 Å². The van der Waals surface area contributed by atoms with Crippen LogP contribution in [-0.2, 0) is 0 Å². The van der Waals surface area contributed by atoms with Crippen molar-refractivity contribution in [3.05, 3.63) is 30.1 Å². The van der Waals surface area contributed by atoms with Crippen molar-refractivity contribution in [2.75, 3.05) is 26.7 Å². The van der Waals surface area contributed by atoms with Crippen LogP contribution in [0.15, 0.2) is 24.4 Å². The maximum absolute atomic E-state index is 12.0. The molecule has 0 radical (unpaired) electrons. The first-order valence-electron chi connectivity index (χ1n) is 6.12. The van der Waals surface area contributed by atoms with Crippen molar-refractivity contribution in [3.63, 3.8) is 0 Å². The zero-order valence-corrected chi connectivity index (χ0v) is 11.4. The largest absolute Gasteiger partial charge is 0.315 e. The zero-order valence-electron chi connectivity index (χ0n) is 10.6. The summed E-state index contributed by atoms with van der Waals surface area (Å²) >= 11 is 0. The first-order chi connectivity index (χ1) is 8.27. The summed E-state index contributed by atoms with van der Waals surface area (Å²) in [5.74, 6) is 0.0960. The van der Waals surface area contributed by atoms with E-state index >= 15 is 0 Å². The summed E-state index contributed by atoms with van der Waals surface area (Å²) in [6.07, 6.45) is 4.02. The topological polar surface area (TPSA) is 45.2 Å². The van der Waals surface area contributed by atoms with Gasteiger partial charge in [0.15, 0.2) is 5.78 Å². The number of hydrogen-bond acceptors (Lipinski definition) is 4. The third-order valence-corrected chi connectivity index (χ3v) is 3.24. The Morgan fingerprint density at radius 1 is 1.56 bits per heavy atom. The molecule has 18 heavy (non-hydrogen) atoms. The molecule has 1 fully saturated rings. The average Bonchev–Trinajstić information content (AvgIpc) is 2.40. The van der Waals surface area contributed by atoms with Crippen molar-refractivity contribution < 1.29 is 4.79 Å². The molecule has 100 valence electrons. The maximum Gasteiger partial charge on any atom is 0.195 e. The molecule has 2 heterocycles. The molecule has 0 saturated carbocycles. The van der Waals surface area contributed by atoms with Gasteiger partial charge in [-0.2, -0.15) is 0 Å². The fourth-order valence-electron chi connectivity index (χ4n) is 2.17. The minimum Gasteiger partial charge on any atom is -0.315 e. The molecule has 5 heteroatoms. The monoisotopic (exact) mass is 269 g/mol. The number of Topliss-reactive ketones (excluding diaryl/α,β-unsaturated/α-hetero) is 1. The van der Waals surface area contributed by atoms with Crippen LogP contribution in [0.1, 0.15) is 23.3 Å². The van der Waals surface area contributed by atoms with Crippen molar-refractivity contribution in [1.29, 1.82) is 0 Å². The molecule has 0 unspecified atom stereocenters. The summed E-state index contributed by atoms with van der Waals surface area (Å²) < 4.78 is 0. The fourth-order valence-corrected chi connectivity index (χ4v) is 2.17. The lowest BCUT2D eigenvalue weighted by Gasteiger charge is -2.31. The molecule has 1 atom stereocenters. The smallest absolute Gasteiger partial charge is 0.195 e. The van der Waals surface area contributed by atoms with Gasteiger partial charge in [0.2, 0.25) is 0 Å². The number of carbonyl (C=O) groups excluding carboxylic acids is 1. The number of nitrogens with zero attached hydrogens (tertiary/aromatic N) is 2. The van der Waals surface area contributed by atoms with E-state index in [0.29, 0.717) is 18.3 Å². The number of hydrogen-bond donors (Lipinski definition) is 1. The quantitative estimate of drug-likeness (QED) is 0.839. The van der Waals surface area contributed by atoms with E-state index in [-0.39, 0.29) is 18.2 Å². The van der Waals surface area contributed by atoms with Gasteiger partial charge in [0, 0.05) is 18.8 Å². The summed E-state index contributed by atoms with van der Waals surface area (Å²) in [7, 11) is 2.01. The zero-order chi connectivity index (χ0) is 12.1. The third kappa shape index (κ3) is 4.05. The normalized spacial score (nSPS) is 19.3. The Labute approximate surface area is 114 Å². The molecule has 1 aliphatic rings. The molecule has 1 aliphatic heterocycles. The molecule has 0 bridgehead atoms. The summed E-state index contributed by atoms with van der Waals surface area (Å²) in [5.41, 5.74) is 0.558. The van der Waals surface area contributed by atoms with Gasteiger partial charge in [0.05, 0.1) is 6.54 Å². The lowest BCUT2D eigenvalue weighted by atomic mass is 10.1. The van der Waals surface area contributed by atoms with Gasteiger partial charge in [0.1, 0.15) is 5.69 Å². The Morgan fingerprint density at radius 3 is 3.00 bits per heavy atom. The van der Waals surface area contributed by atoms with Crippen molar-refractivity contribution in [3.8, 4) is 0 Å². The van der Waals surface area contributed by atoms with Crippen LogP contribution in [0.2, 0.25) is 0 Å². The van der Waals surface area contributed by atoms with E-state index in [0.717, 1.165) is 13.1 Å². The third-order valence-electron chi connectivity index (χ3n) is 3.24. The molecule has 0 spiro atoms. The van der Waals surface area contributed by atoms with E-state index in [1.807, 2.05) is 19.2 Å². The highest BCUT2D eigenvalue weighted by molar-refractivity contribution is 5.95. The number of halogens is 1. The van der Waals surface area contributed by atoms with Crippen LogP contribution in [0.4, 0.5) is 0 Å². The van der Waals surface area contributed by atoms with E-state index in [2.05, 4.69) is 15.2 Å². The molecule has 0 amide bonds. The Morgan fingerprint density at radius 2 is 2.39 bits per heavy atom.